The van der Waals surface area contributed by atoms with Crippen LogP contribution in [0, 0.1) is 11.8 Å². The molecule has 3 aliphatic heterocycles. The first-order valence-corrected chi connectivity index (χ1v) is 11.1. The number of nitrogens with one attached hydrogen (secondary N) is 1. The summed E-state index contributed by atoms with van der Waals surface area (Å²) in [6.45, 7) is 0.755. The van der Waals surface area contributed by atoms with Crippen molar-refractivity contribution in [1.29, 1.82) is 0 Å². The Kier molecular flexibility index (Phi) is 5.22. The maximum atomic E-state index is 13.8. The van der Waals surface area contributed by atoms with Gasteiger partial charge < -0.3 is 10.1 Å². The number of esters is 1. The first-order valence-electron chi connectivity index (χ1n) is 10.7. The summed E-state index contributed by atoms with van der Waals surface area (Å²) >= 11 is 6.00. The second-order valence-corrected chi connectivity index (χ2v) is 8.91. The van der Waals surface area contributed by atoms with Crippen LogP contribution in [0.5, 0.6) is 0 Å². The Labute approximate surface area is 195 Å². The van der Waals surface area contributed by atoms with Crippen LogP contribution in [0.4, 0.5) is 5.69 Å². The summed E-state index contributed by atoms with van der Waals surface area (Å²) < 4.78 is 4.91. The van der Waals surface area contributed by atoms with E-state index < -0.39 is 47.1 Å². The number of ether oxygens (including phenoxy) is 1. The third-order valence-corrected chi connectivity index (χ3v) is 7.20. The van der Waals surface area contributed by atoms with Gasteiger partial charge in [-0.05, 0) is 29.8 Å². The van der Waals surface area contributed by atoms with E-state index in [1.807, 2.05) is 35.2 Å². The highest BCUT2D eigenvalue weighted by molar-refractivity contribution is 6.31. The van der Waals surface area contributed by atoms with Crippen LogP contribution in [0.25, 0.3) is 0 Å². The highest BCUT2D eigenvalue weighted by atomic mass is 35.5. The quantitative estimate of drug-likeness (QED) is 0.545. The minimum absolute atomic E-state index is 0.326. The fourth-order valence-electron chi connectivity index (χ4n) is 5.65. The first kappa shape index (κ1) is 21.6. The van der Waals surface area contributed by atoms with Crippen LogP contribution in [0.3, 0.4) is 0 Å². The lowest BCUT2D eigenvalue weighted by molar-refractivity contribution is -0.154. The molecule has 0 radical (unpaired) electrons. The molecule has 0 bridgehead atoms. The molecule has 1 N–H and O–H groups in total. The van der Waals surface area contributed by atoms with Gasteiger partial charge in [-0.25, -0.2) is 4.90 Å². The Morgan fingerprint density at radius 2 is 1.79 bits per heavy atom. The molecule has 170 valence electrons. The molecule has 9 heteroatoms. The standard InChI is InChI=1S/C24H22ClN3O5/c1-33-17(29)13-24-19-18(21(30)28(22(19)31)16-9-7-15(25)8-10-16)20(14-5-3-2-4-6-14)27(24)12-11-26-23(24)32/h2-10,18-20H,11-13H2,1H3,(H,26,32)/t18-,19+,20-,24-/m0/s1. The van der Waals surface area contributed by atoms with Gasteiger partial charge in [-0.2, -0.15) is 0 Å². The van der Waals surface area contributed by atoms with Crippen molar-refractivity contribution >= 4 is 41.0 Å². The van der Waals surface area contributed by atoms with Gasteiger partial charge >= 0.3 is 5.97 Å². The molecule has 8 nitrogen and oxygen atoms in total. The second kappa shape index (κ2) is 7.97. The van der Waals surface area contributed by atoms with Crippen LogP contribution >= 0.6 is 11.6 Å². The van der Waals surface area contributed by atoms with Crippen molar-refractivity contribution < 1.29 is 23.9 Å². The molecule has 3 aliphatic rings. The van der Waals surface area contributed by atoms with Gasteiger partial charge in [0, 0.05) is 24.2 Å². The topological polar surface area (TPSA) is 96.0 Å². The Morgan fingerprint density at radius 1 is 1.09 bits per heavy atom. The summed E-state index contributed by atoms with van der Waals surface area (Å²) in [4.78, 5) is 56.6. The minimum atomic E-state index is -1.52. The molecule has 0 saturated carbocycles. The van der Waals surface area contributed by atoms with E-state index in [0.717, 1.165) is 10.5 Å². The molecular weight excluding hydrogens is 446 g/mol. The summed E-state index contributed by atoms with van der Waals surface area (Å²) in [5, 5.41) is 3.29. The zero-order valence-corrected chi connectivity index (χ0v) is 18.6. The number of carbonyl (C=O) groups is 4. The SMILES string of the molecule is COC(=O)C[C@]12C(=O)NCCN1[C@@H](c1ccccc1)[C@H]1C(=O)N(c3ccc(Cl)cc3)C(=O)[C@@H]12. The summed E-state index contributed by atoms with van der Waals surface area (Å²) in [5.74, 6) is -3.82. The Bertz CT molecular complexity index is 1140. The first-order chi connectivity index (χ1) is 15.9. The van der Waals surface area contributed by atoms with E-state index >= 15 is 0 Å². The molecule has 33 heavy (non-hydrogen) atoms. The summed E-state index contributed by atoms with van der Waals surface area (Å²) in [7, 11) is 1.24. The zero-order valence-electron chi connectivity index (χ0n) is 17.9. The average molecular weight is 468 g/mol. The van der Waals surface area contributed by atoms with Crippen molar-refractivity contribution in [3.8, 4) is 0 Å². The number of benzene rings is 2. The van der Waals surface area contributed by atoms with Crippen molar-refractivity contribution in [3.05, 3.63) is 65.2 Å². The molecular formula is C24H22ClN3O5. The average Bonchev–Trinajstić information content (AvgIpc) is 3.26. The van der Waals surface area contributed by atoms with Gasteiger partial charge in [0.05, 0.1) is 31.1 Å². The van der Waals surface area contributed by atoms with E-state index in [4.69, 9.17) is 16.3 Å². The van der Waals surface area contributed by atoms with Gasteiger partial charge in [0.2, 0.25) is 17.7 Å². The number of rotatable bonds is 4. The molecule has 5 rings (SSSR count). The van der Waals surface area contributed by atoms with Gasteiger partial charge in [-0.1, -0.05) is 41.9 Å². The third-order valence-electron chi connectivity index (χ3n) is 6.95. The van der Waals surface area contributed by atoms with Gasteiger partial charge in [0.25, 0.3) is 0 Å². The number of hydrogen-bond donors (Lipinski definition) is 1. The van der Waals surface area contributed by atoms with E-state index in [-0.39, 0.29) is 6.42 Å². The van der Waals surface area contributed by atoms with Crippen molar-refractivity contribution in [1.82, 2.24) is 10.2 Å². The second-order valence-electron chi connectivity index (χ2n) is 8.47. The zero-order chi connectivity index (χ0) is 23.3. The monoisotopic (exact) mass is 467 g/mol. The number of piperazine rings is 1. The third kappa shape index (κ3) is 3.08. The van der Waals surface area contributed by atoms with E-state index in [0.29, 0.717) is 23.8 Å². The predicted octanol–water partition coefficient (Wildman–Crippen LogP) is 1.93. The van der Waals surface area contributed by atoms with Crippen LogP contribution in [-0.4, -0.2) is 54.3 Å². The molecule has 2 aromatic carbocycles. The number of halogens is 1. The molecule has 2 aromatic rings. The van der Waals surface area contributed by atoms with Crippen LogP contribution in [0.15, 0.2) is 54.6 Å². The number of nitrogens with zero attached hydrogens (tertiary/aromatic N) is 2. The predicted molar refractivity (Wildman–Crippen MR) is 119 cm³/mol. The highest BCUT2D eigenvalue weighted by Gasteiger charge is 2.73. The summed E-state index contributed by atoms with van der Waals surface area (Å²) in [5.41, 5.74) is -0.329. The van der Waals surface area contributed by atoms with E-state index in [2.05, 4.69) is 5.32 Å². The van der Waals surface area contributed by atoms with E-state index in [9.17, 15) is 19.2 Å². The van der Waals surface area contributed by atoms with Gasteiger partial charge in [-0.15, -0.1) is 0 Å². The Hall–Kier alpha value is -3.23. The molecule has 0 unspecified atom stereocenters. The smallest absolute Gasteiger partial charge is 0.307 e. The number of hydrogen-bond acceptors (Lipinski definition) is 6. The molecule has 0 aliphatic carbocycles. The Morgan fingerprint density at radius 3 is 2.45 bits per heavy atom. The number of carbonyl (C=O) groups excluding carboxylic acids is 4. The molecule has 4 atom stereocenters. The largest absolute Gasteiger partial charge is 0.469 e. The fourth-order valence-corrected chi connectivity index (χ4v) is 5.78. The number of imide groups is 1. The molecule has 3 fully saturated rings. The molecule has 0 aromatic heterocycles. The van der Waals surface area contributed by atoms with Gasteiger partial charge in [0.15, 0.2) is 0 Å². The van der Waals surface area contributed by atoms with Crippen molar-refractivity contribution in [2.75, 3.05) is 25.1 Å². The van der Waals surface area contributed by atoms with Crippen LogP contribution in [-0.2, 0) is 23.9 Å². The highest BCUT2D eigenvalue weighted by Crippen LogP contribution is 2.57. The van der Waals surface area contributed by atoms with Crippen LogP contribution in [0.2, 0.25) is 5.02 Å². The summed E-state index contributed by atoms with van der Waals surface area (Å²) in [6.07, 6.45) is -0.326. The molecule has 0 spiro atoms. The minimum Gasteiger partial charge on any atom is -0.469 e. The van der Waals surface area contributed by atoms with E-state index in [1.54, 1.807) is 24.3 Å². The molecule has 3 saturated heterocycles. The number of amides is 3. The van der Waals surface area contributed by atoms with Gasteiger partial charge in [-0.3, -0.25) is 24.1 Å². The number of anilines is 1. The van der Waals surface area contributed by atoms with Crippen molar-refractivity contribution in [3.63, 3.8) is 0 Å². The van der Waals surface area contributed by atoms with Gasteiger partial charge in [0.1, 0.15) is 5.54 Å². The lowest BCUT2D eigenvalue weighted by Crippen LogP contribution is -2.67. The Balaban J connectivity index is 1.70. The number of fused-ring (bicyclic) bond motifs is 3. The van der Waals surface area contributed by atoms with E-state index in [1.165, 1.54) is 7.11 Å². The van der Waals surface area contributed by atoms with Crippen LogP contribution in [0.1, 0.15) is 18.0 Å². The maximum absolute atomic E-state index is 13.8. The number of methoxy groups -OCH3 is 1. The van der Waals surface area contributed by atoms with Crippen molar-refractivity contribution in [2.24, 2.45) is 11.8 Å². The van der Waals surface area contributed by atoms with Crippen molar-refractivity contribution in [2.45, 2.75) is 18.0 Å². The lowest BCUT2D eigenvalue weighted by atomic mass is 9.76. The van der Waals surface area contributed by atoms with Crippen LogP contribution < -0.4 is 10.2 Å². The fraction of sp³-hybridized carbons (Fsp3) is 0.333. The maximum Gasteiger partial charge on any atom is 0.307 e. The summed E-state index contributed by atoms with van der Waals surface area (Å²) in [6, 6.07) is 15.2. The molecule has 3 heterocycles. The molecule has 3 amide bonds. The normalized spacial score (nSPS) is 29.0. The lowest BCUT2D eigenvalue weighted by Gasteiger charge is -2.45.